The molecular weight excluding hydrogens is 362 g/mol. The minimum absolute atomic E-state index is 0.0696. The highest BCUT2D eigenvalue weighted by molar-refractivity contribution is 7.91. The number of nitrogens with one attached hydrogen (secondary N) is 1. The van der Waals surface area contributed by atoms with E-state index in [-0.39, 0.29) is 23.5 Å². The van der Waals surface area contributed by atoms with Gasteiger partial charge in [0.25, 0.3) is 5.91 Å². The van der Waals surface area contributed by atoms with Crippen molar-refractivity contribution >= 4 is 27.1 Å². The molecule has 0 saturated carbocycles. The molecule has 1 unspecified atom stereocenters. The van der Waals surface area contributed by atoms with Crippen LogP contribution >= 0.6 is 0 Å². The van der Waals surface area contributed by atoms with Gasteiger partial charge in [-0.2, -0.15) is 0 Å². The van der Waals surface area contributed by atoms with E-state index in [4.69, 9.17) is 0 Å². The third-order valence-electron chi connectivity index (χ3n) is 5.07. The maximum Gasteiger partial charge on any atom is 0.257 e. The first-order chi connectivity index (χ1) is 12.8. The number of hydrogen-bond donors (Lipinski definition) is 1. The van der Waals surface area contributed by atoms with Crippen molar-refractivity contribution in [1.29, 1.82) is 0 Å². The highest BCUT2D eigenvalue weighted by atomic mass is 32.2. The van der Waals surface area contributed by atoms with E-state index in [1.165, 1.54) is 11.8 Å². The molecule has 3 rings (SSSR count). The summed E-state index contributed by atoms with van der Waals surface area (Å²) >= 11 is 0. The van der Waals surface area contributed by atoms with Crippen molar-refractivity contribution in [2.75, 3.05) is 28.3 Å². The van der Waals surface area contributed by atoms with Gasteiger partial charge < -0.3 is 10.2 Å². The molecular formula is C20H25N3O3S. The van der Waals surface area contributed by atoms with E-state index in [0.29, 0.717) is 18.5 Å². The monoisotopic (exact) mass is 387 g/mol. The van der Waals surface area contributed by atoms with Crippen molar-refractivity contribution < 1.29 is 13.2 Å². The maximum absolute atomic E-state index is 12.6. The molecule has 1 aromatic carbocycles. The molecule has 1 N–H and O–H groups in total. The minimum Gasteiger partial charge on any atom is -0.367 e. The Bertz CT molecular complexity index is 957. The van der Waals surface area contributed by atoms with Crippen molar-refractivity contribution in [2.24, 2.45) is 0 Å². The molecule has 2 aromatic rings. The van der Waals surface area contributed by atoms with E-state index in [9.17, 15) is 13.2 Å². The lowest BCUT2D eigenvalue weighted by Crippen LogP contribution is -2.36. The molecule has 1 atom stereocenters. The van der Waals surface area contributed by atoms with Gasteiger partial charge in [0.1, 0.15) is 0 Å². The van der Waals surface area contributed by atoms with Crippen molar-refractivity contribution in [3.8, 4) is 0 Å². The summed E-state index contributed by atoms with van der Waals surface area (Å²) in [5, 5.41) is 2.90. The molecule has 7 heteroatoms. The van der Waals surface area contributed by atoms with E-state index in [1.54, 1.807) is 12.3 Å². The Morgan fingerprint density at radius 1 is 1.22 bits per heavy atom. The molecule has 1 amide bonds. The second-order valence-corrected chi connectivity index (χ2v) is 9.26. The van der Waals surface area contributed by atoms with Gasteiger partial charge in [-0.1, -0.05) is 6.07 Å². The van der Waals surface area contributed by atoms with E-state index in [1.807, 2.05) is 43.9 Å². The summed E-state index contributed by atoms with van der Waals surface area (Å²) in [6, 6.07) is 7.49. The van der Waals surface area contributed by atoms with Gasteiger partial charge in [-0.15, -0.1) is 0 Å². The summed E-state index contributed by atoms with van der Waals surface area (Å²) < 4.78 is 23.6. The van der Waals surface area contributed by atoms with Crippen LogP contribution in [0.5, 0.6) is 0 Å². The number of benzene rings is 1. The zero-order chi connectivity index (χ0) is 19.6. The van der Waals surface area contributed by atoms with Crippen molar-refractivity contribution in [2.45, 2.75) is 33.2 Å². The first-order valence-corrected chi connectivity index (χ1v) is 10.9. The van der Waals surface area contributed by atoms with E-state index in [0.717, 1.165) is 16.9 Å². The van der Waals surface area contributed by atoms with Gasteiger partial charge in [0.15, 0.2) is 9.84 Å². The number of aromatic nitrogens is 1. The van der Waals surface area contributed by atoms with Crippen LogP contribution in [-0.4, -0.2) is 43.4 Å². The number of anilines is 2. The average molecular weight is 388 g/mol. The number of carbonyl (C=O) groups is 1. The third kappa shape index (κ3) is 4.47. The molecule has 27 heavy (non-hydrogen) atoms. The van der Waals surface area contributed by atoms with Gasteiger partial charge in [0.05, 0.1) is 29.0 Å². The SMILES string of the molecule is CCN(c1cncc(C(=O)Nc2ccc(C)c(C)c2)c1)C1CCS(=O)(=O)C1. The second kappa shape index (κ2) is 7.68. The number of rotatable bonds is 5. The topological polar surface area (TPSA) is 79.4 Å². The van der Waals surface area contributed by atoms with Crippen LogP contribution in [0.2, 0.25) is 0 Å². The lowest BCUT2D eigenvalue weighted by Gasteiger charge is -2.29. The molecule has 2 heterocycles. The third-order valence-corrected chi connectivity index (χ3v) is 6.82. The van der Waals surface area contributed by atoms with Crippen LogP contribution in [0.15, 0.2) is 36.7 Å². The first-order valence-electron chi connectivity index (χ1n) is 9.10. The summed E-state index contributed by atoms with van der Waals surface area (Å²) in [6.07, 6.45) is 3.82. The summed E-state index contributed by atoms with van der Waals surface area (Å²) in [6.45, 7) is 6.66. The summed E-state index contributed by atoms with van der Waals surface area (Å²) in [5.41, 5.74) is 4.24. The molecule has 0 radical (unpaired) electrons. The zero-order valence-corrected chi connectivity index (χ0v) is 16.7. The van der Waals surface area contributed by atoms with Gasteiger partial charge in [0.2, 0.25) is 0 Å². The number of pyridine rings is 1. The Morgan fingerprint density at radius 3 is 2.63 bits per heavy atom. The summed E-state index contributed by atoms with van der Waals surface area (Å²) in [5.74, 6) is 0.136. The number of hydrogen-bond acceptors (Lipinski definition) is 5. The summed E-state index contributed by atoms with van der Waals surface area (Å²) in [7, 11) is -2.97. The van der Waals surface area contributed by atoms with Crippen molar-refractivity contribution in [3.05, 3.63) is 53.3 Å². The quantitative estimate of drug-likeness (QED) is 0.853. The largest absolute Gasteiger partial charge is 0.367 e. The summed E-state index contributed by atoms with van der Waals surface area (Å²) in [4.78, 5) is 18.9. The molecule has 1 saturated heterocycles. The standard InChI is InChI=1S/C20H25N3O3S/c1-4-23(18-7-8-27(25,26)13-18)19-10-16(11-21-12-19)20(24)22-17-6-5-14(2)15(3)9-17/h5-6,9-12,18H,4,7-8,13H2,1-3H3,(H,22,24). The smallest absolute Gasteiger partial charge is 0.257 e. The second-order valence-electron chi connectivity index (χ2n) is 7.03. The molecule has 0 aliphatic carbocycles. The molecule has 144 valence electrons. The molecule has 1 aromatic heterocycles. The van der Waals surface area contributed by atoms with Crippen molar-refractivity contribution in [1.82, 2.24) is 4.98 Å². The number of aryl methyl sites for hydroxylation is 2. The van der Waals surface area contributed by atoms with Crippen LogP contribution < -0.4 is 10.2 Å². The molecule has 6 nitrogen and oxygen atoms in total. The van der Waals surface area contributed by atoms with Crippen LogP contribution in [0.3, 0.4) is 0 Å². The highest BCUT2D eigenvalue weighted by Gasteiger charge is 2.32. The van der Waals surface area contributed by atoms with Gasteiger partial charge in [0, 0.05) is 24.5 Å². The first kappa shape index (κ1) is 19.4. The predicted molar refractivity (Wildman–Crippen MR) is 108 cm³/mol. The van der Waals surface area contributed by atoms with E-state index >= 15 is 0 Å². The Labute approximate surface area is 160 Å². The lowest BCUT2D eigenvalue weighted by atomic mass is 10.1. The highest BCUT2D eigenvalue weighted by Crippen LogP contribution is 2.25. The Morgan fingerprint density at radius 2 is 2.00 bits per heavy atom. The van der Waals surface area contributed by atoms with Crippen LogP contribution in [0.1, 0.15) is 34.8 Å². The van der Waals surface area contributed by atoms with E-state index < -0.39 is 9.84 Å². The number of amides is 1. The predicted octanol–water partition coefficient (Wildman–Crippen LogP) is 2.96. The van der Waals surface area contributed by atoms with Crippen LogP contribution in [0.4, 0.5) is 11.4 Å². The Balaban J connectivity index is 1.79. The maximum atomic E-state index is 12.6. The van der Waals surface area contributed by atoms with Crippen LogP contribution in [-0.2, 0) is 9.84 Å². The normalized spacial score (nSPS) is 18.3. The zero-order valence-electron chi connectivity index (χ0n) is 15.9. The minimum atomic E-state index is -2.97. The number of carbonyl (C=O) groups excluding carboxylic acids is 1. The Kier molecular flexibility index (Phi) is 5.51. The van der Waals surface area contributed by atoms with Crippen LogP contribution in [0, 0.1) is 13.8 Å². The molecule has 0 bridgehead atoms. The van der Waals surface area contributed by atoms with E-state index in [2.05, 4.69) is 10.3 Å². The fourth-order valence-corrected chi connectivity index (χ4v) is 5.13. The van der Waals surface area contributed by atoms with Gasteiger partial charge in [-0.05, 0) is 56.5 Å². The molecule has 0 spiro atoms. The van der Waals surface area contributed by atoms with Crippen LogP contribution in [0.25, 0.3) is 0 Å². The lowest BCUT2D eigenvalue weighted by molar-refractivity contribution is 0.102. The molecule has 1 aliphatic rings. The number of sulfone groups is 1. The fourth-order valence-electron chi connectivity index (χ4n) is 3.40. The number of nitrogens with zero attached hydrogens (tertiary/aromatic N) is 2. The Hall–Kier alpha value is -2.41. The van der Waals surface area contributed by atoms with Gasteiger partial charge in [-0.25, -0.2) is 8.42 Å². The fraction of sp³-hybridized carbons (Fsp3) is 0.400. The van der Waals surface area contributed by atoms with Gasteiger partial charge >= 0.3 is 0 Å². The average Bonchev–Trinajstić information content (AvgIpc) is 2.98. The molecule has 1 fully saturated rings. The molecule has 1 aliphatic heterocycles. The van der Waals surface area contributed by atoms with Gasteiger partial charge in [-0.3, -0.25) is 9.78 Å². The van der Waals surface area contributed by atoms with Crippen molar-refractivity contribution in [3.63, 3.8) is 0 Å².